The lowest BCUT2D eigenvalue weighted by atomic mass is 9.88. The van der Waals surface area contributed by atoms with Crippen molar-refractivity contribution < 1.29 is 4.74 Å². The Morgan fingerprint density at radius 1 is 1.13 bits per heavy atom. The maximum atomic E-state index is 5.84. The monoisotopic (exact) mass is 213 g/mol. The molecule has 0 aromatic carbocycles. The highest BCUT2D eigenvalue weighted by molar-refractivity contribution is 4.83. The maximum absolute atomic E-state index is 5.84. The van der Waals surface area contributed by atoms with E-state index in [1.54, 1.807) is 0 Å². The largest absolute Gasteiger partial charge is 0.376 e. The molecule has 0 aliphatic carbocycles. The van der Waals surface area contributed by atoms with Gasteiger partial charge >= 0.3 is 0 Å². The van der Waals surface area contributed by atoms with E-state index in [2.05, 4.69) is 46.4 Å². The van der Waals surface area contributed by atoms with Gasteiger partial charge in [0.1, 0.15) is 0 Å². The Morgan fingerprint density at radius 2 is 1.73 bits per heavy atom. The van der Waals surface area contributed by atoms with Gasteiger partial charge in [-0.05, 0) is 32.6 Å². The molecule has 0 aromatic heterocycles. The van der Waals surface area contributed by atoms with Crippen LogP contribution in [0.25, 0.3) is 0 Å². The number of morpholine rings is 1. The fourth-order valence-electron chi connectivity index (χ4n) is 2.14. The minimum Gasteiger partial charge on any atom is -0.376 e. The predicted octanol–water partition coefficient (Wildman–Crippen LogP) is 2.92. The van der Waals surface area contributed by atoms with Crippen molar-refractivity contribution in [3.8, 4) is 0 Å². The van der Waals surface area contributed by atoms with Gasteiger partial charge in [0.2, 0.25) is 0 Å². The van der Waals surface area contributed by atoms with Crippen LogP contribution in [0.5, 0.6) is 0 Å². The molecule has 1 fully saturated rings. The van der Waals surface area contributed by atoms with Gasteiger partial charge in [-0.3, -0.25) is 4.90 Å². The predicted molar refractivity (Wildman–Crippen MR) is 65.1 cm³/mol. The highest BCUT2D eigenvalue weighted by Crippen LogP contribution is 2.26. The SMILES string of the molecule is CC(C)(C)C[C@@H]1CN(C(C)(C)C)CCO1. The minimum absolute atomic E-state index is 0.278. The topological polar surface area (TPSA) is 12.5 Å². The lowest BCUT2D eigenvalue weighted by Gasteiger charge is -2.42. The van der Waals surface area contributed by atoms with E-state index < -0.39 is 0 Å². The van der Waals surface area contributed by atoms with E-state index in [0.29, 0.717) is 11.5 Å². The Labute approximate surface area is 95.0 Å². The molecule has 2 nitrogen and oxygen atoms in total. The Kier molecular flexibility index (Phi) is 3.83. The zero-order valence-corrected chi connectivity index (χ0v) is 11.3. The Bertz CT molecular complexity index is 200. The summed E-state index contributed by atoms with van der Waals surface area (Å²) in [5, 5.41) is 0. The van der Waals surface area contributed by atoms with E-state index in [4.69, 9.17) is 4.74 Å². The summed E-state index contributed by atoms with van der Waals surface area (Å²) in [6.45, 7) is 16.7. The Hall–Kier alpha value is -0.0800. The third-order valence-electron chi connectivity index (χ3n) is 2.93. The number of rotatable bonds is 1. The quantitative estimate of drug-likeness (QED) is 0.664. The standard InChI is InChI=1S/C13H27NO/c1-12(2,3)9-11-10-14(7-8-15-11)13(4,5)6/h11H,7-10H2,1-6H3/t11-/m1/s1. The van der Waals surface area contributed by atoms with Gasteiger partial charge < -0.3 is 4.74 Å². The third-order valence-corrected chi connectivity index (χ3v) is 2.93. The molecule has 0 radical (unpaired) electrons. The first-order valence-electron chi connectivity index (χ1n) is 6.05. The molecule has 0 spiro atoms. The van der Waals surface area contributed by atoms with E-state index in [1.807, 2.05) is 0 Å². The molecule has 1 aliphatic rings. The van der Waals surface area contributed by atoms with Crippen molar-refractivity contribution in [1.82, 2.24) is 4.90 Å². The molecule has 0 N–H and O–H groups in total. The van der Waals surface area contributed by atoms with Crippen molar-refractivity contribution in [2.24, 2.45) is 5.41 Å². The van der Waals surface area contributed by atoms with E-state index in [1.165, 1.54) is 0 Å². The number of hydrogen-bond donors (Lipinski definition) is 0. The summed E-state index contributed by atoms with van der Waals surface area (Å²) in [5.74, 6) is 0. The van der Waals surface area contributed by atoms with Crippen molar-refractivity contribution in [2.45, 2.75) is 59.6 Å². The van der Waals surface area contributed by atoms with Gasteiger partial charge in [0.05, 0.1) is 12.7 Å². The van der Waals surface area contributed by atoms with Gasteiger partial charge in [-0.15, -0.1) is 0 Å². The molecule has 0 amide bonds. The van der Waals surface area contributed by atoms with Crippen LogP contribution in [0.4, 0.5) is 0 Å². The summed E-state index contributed by atoms with van der Waals surface area (Å²) >= 11 is 0. The second-order valence-corrected chi connectivity index (χ2v) is 6.87. The summed E-state index contributed by atoms with van der Waals surface area (Å²) in [6, 6.07) is 0. The van der Waals surface area contributed by atoms with Gasteiger partial charge in [-0.25, -0.2) is 0 Å². The summed E-state index contributed by atoms with van der Waals surface area (Å²) in [7, 11) is 0. The first kappa shape index (κ1) is 13.0. The van der Waals surface area contributed by atoms with Crippen LogP contribution in [0.2, 0.25) is 0 Å². The number of hydrogen-bond acceptors (Lipinski definition) is 2. The molecule has 0 unspecified atom stereocenters. The maximum Gasteiger partial charge on any atom is 0.0707 e. The second-order valence-electron chi connectivity index (χ2n) is 6.87. The van der Waals surface area contributed by atoms with Crippen molar-refractivity contribution in [1.29, 1.82) is 0 Å². The van der Waals surface area contributed by atoms with E-state index in [-0.39, 0.29) is 5.54 Å². The minimum atomic E-state index is 0.278. The van der Waals surface area contributed by atoms with Crippen LogP contribution in [0.3, 0.4) is 0 Å². The number of ether oxygens (including phenoxy) is 1. The zero-order chi connectivity index (χ0) is 11.7. The summed E-state index contributed by atoms with van der Waals surface area (Å²) in [4.78, 5) is 2.53. The van der Waals surface area contributed by atoms with Gasteiger partial charge in [0, 0.05) is 18.6 Å². The highest BCUT2D eigenvalue weighted by atomic mass is 16.5. The molecule has 15 heavy (non-hydrogen) atoms. The summed E-state index contributed by atoms with van der Waals surface area (Å²) < 4.78 is 5.84. The smallest absolute Gasteiger partial charge is 0.0707 e. The molecular formula is C13H27NO. The van der Waals surface area contributed by atoms with Gasteiger partial charge in [-0.2, -0.15) is 0 Å². The van der Waals surface area contributed by atoms with Crippen LogP contribution in [0, 0.1) is 5.41 Å². The van der Waals surface area contributed by atoms with Crippen LogP contribution in [0.1, 0.15) is 48.0 Å². The van der Waals surface area contributed by atoms with Gasteiger partial charge in [0.25, 0.3) is 0 Å². The lowest BCUT2D eigenvalue weighted by molar-refractivity contribution is -0.0713. The molecule has 1 rings (SSSR count). The molecule has 0 bridgehead atoms. The zero-order valence-electron chi connectivity index (χ0n) is 11.3. The fourth-order valence-corrected chi connectivity index (χ4v) is 2.14. The highest BCUT2D eigenvalue weighted by Gasteiger charge is 2.30. The Balaban J connectivity index is 2.50. The summed E-state index contributed by atoms with van der Waals surface area (Å²) in [5.41, 5.74) is 0.644. The van der Waals surface area contributed by atoms with E-state index >= 15 is 0 Å². The average molecular weight is 213 g/mol. The van der Waals surface area contributed by atoms with Crippen LogP contribution in [-0.2, 0) is 4.74 Å². The molecule has 0 aromatic rings. The molecule has 2 heteroatoms. The molecule has 0 saturated carbocycles. The van der Waals surface area contributed by atoms with Crippen LogP contribution >= 0.6 is 0 Å². The normalized spacial score (nSPS) is 25.6. The lowest BCUT2D eigenvalue weighted by Crippen LogP contribution is -2.52. The van der Waals surface area contributed by atoms with E-state index in [9.17, 15) is 0 Å². The molecule has 1 heterocycles. The Morgan fingerprint density at radius 3 is 2.20 bits per heavy atom. The van der Waals surface area contributed by atoms with Gasteiger partial charge in [0.15, 0.2) is 0 Å². The van der Waals surface area contributed by atoms with Gasteiger partial charge in [-0.1, -0.05) is 20.8 Å². The van der Waals surface area contributed by atoms with Crippen LogP contribution < -0.4 is 0 Å². The first-order valence-corrected chi connectivity index (χ1v) is 6.05. The molecule has 1 atom stereocenters. The van der Waals surface area contributed by atoms with E-state index in [0.717, 1.165) is 26.1 Å². The molecular weight excluding hydrogens is 186 g/mol. The fraction of sp³-hybridized carbons (Fsp3) is 1.00. The third kappa shape index (κ3) is 4.52. The number of nitrogens with zero attached hydrogens (tertiary/aromatic N) is 1. The molecule has 1 saturated heterocycles. The van der Waals surface area contributed by atoms with Crippen molar-refractivity contribution in [3.05, 3.63) is 0 Å². The van der Waals surface area contributed by atoms with Crippen molar-refractivity contribution >= 4 is 0 Å². The van der Waals surface area contributed by atoms with Crippen molar-refractivity contribution in [3.63, 3.8) is 0 Å². The van der Waals surface area contributed by atoms with Crippen molar-refractivity contribution in [2.75, 3.05) is 19.7 Å². The molecule has 90 valence electrons. The van der Waals surface area contributed by atoms with Crippen LogP contribution in [0.15, 0.2) is 0 Å². The first-order chi connectivity index (χ1) is 6.68. The average Bonchev–Trinajstić information content (AvgIpc) is 1.99. The molecule has 1 aliphatic heterocycles. The van der Waals surface area contributed by atoms with Crippen LogP contribution in [-0.4, -0.2) is 36.2 Å². The second kappa shape index (κ2) is 4.42. The summed E-state index contributed by atoms with van der Waals surface area (Å²) in [6.07, 6.45) is 1.57.